The lowest BCUT2D eigenvalue weighted by atomic mass is 9.81. The van der Waals surface area contributed by atoms with Gasteiger partial charge in [-0.3, -0.25) is 4.40 Å². The molecule has 1 aromatic carbocycles. The molecule has 2 aromatic heterocycles. The molecule has 6 nitrogen and oxygen atoms in total. The normalized spacial score (nSPS) is 20.7. The van der Waals surface area contributed by atoms with E-state index in [2.05, 4.69) is 35.3 Å². The van der Waals surface area contributed by atoms with E-state index in [1.165, 1.54) is 0 Å². The first kappa shape index (κ1) is 21.9. The van der Waals surface area contributed by atoms with E-state index in [1.807, 2.05) is 18.2 Å². The van der Waals surface area contributed by atoms with Crippen LogP contribution in [0.1, 0.15) is 55.4 Å². The van der Waals surface area contributed by atoms with Gasteiger partial charge in [0.1, 0.15) is 17.5 Å². The van der Waals surface area contributed by atoms with Gasteiger partial charge >= 0.3 is 0 Å². The molecule has 31 heavy (non-hydrogen) atoms. The van der Waals surface area contributed by atoms with Crippen molar-refractivity contribution in [3.63, 3.8) is 0 Å². The monoisotopic (exact) mass is 440 g/mol. The number of anilines is 1. The number of imidazole rings is 1. The van der Waals surface area contributed by atoms with Crippen LogP contribution < -0.4 is 4.90 Å². The average molecular weight is 441 g/mol. The molecule has 0 amide bonds. The lowest BCUT2D eigenvalue weighted by molar-refractivity contribution is 0.111. The molecule has 0 saturated carbocycles. The molecule has 1 N–H and O–H groups in total. The van der Waals surface area contributed by atoms with Crippen LogP contribution in [0.25, 0.3) is 16.7 Å². The van der Waals surface area contributed by atoms with Gasteiger partial charge in [0.15, 0.2) is 5.65 Å². The SMILES string of the molecule is Cc1c(C2CCCO2)c(C#N)c2nc3ccccc3n2c1N1CCC(C)(CO)CC1.Cl. The summed E-state index contributed by atoms with van der Waals surface area (Å²) < 4.78 is 8.21. The number of piperidine rings is 1. The topological polar surface area (TPSA) is 73.8 Å². The predicted molar refractivity (Wildman–Crippen MR) is 124 cm³/mol. The van der Waals surface area contributed by atoms with Gasteiger partial charge in [-0.05, 0) is 55.7 Å². The fourth-order valence-corrected chi connectivity index (χ4v) is 5.12. The fourth-order valence-electron chi connectivity index (χ4n) is 5.12. The van der Waals surface area contributed by atoms with Gasteiger partial charge in [-0.25, -0.2) is 4.98 Å². The highest BCUT2D eigenvalue weighted by atomic mass is 35.5. The summed E-state index contributed by atoms with van der Waals surface area (Å²) >= 11 is 0. The third-order valence-electron chi connectivity index (χ3n) is 7.02. The van der Waals surface area contributed by atoms with Crippen LogP contribution >= 0.6 is 12.4 Å². The first-order valence-corrected chi connectivity index (χ1v) is 10.9. The van der Waals surface area contributed by atoms with Gasteiger partial charge in [-0.15, -0.1) is 12.4 Å². The molecule has 164 valence electrons. The van der Waals surface area contributed by atoms with Crippen LogP contribution in [0.3, 0.4) is 0 Å². The summed E-state index contributed by atoms with van der Waals surface area (Å²) in [6, 6.07) is 10.5. The maximum absolute atomic E-state index is 10.1. The summed E-state index contributed by atoms with van der Waals surface area (Å²) in [6.07, 6.45) is 3.78. The summed E-state index contributed by atoms with van der Waals surface area (Å²) in [5.41, 5.74) is 5.37. The number of aliphatic hydroxyl groups is 1. The van der Waals surface area contributed by atoms with Crippen molar-refractivity contribution in [3.8, 4) is 6.07 Å². The van der Waals surface area contributed by atoms with Crippen molar-refractivity contribution in [2.75, 3.05) is 31.2 Å². The van der Waals surface area contributed by atoms with E-state index in [0.29, 0.717) is 5.56 Å². The fraction of sp³-hybridized carbons (Fsp3) is 0.500. The molecular formula is C24H29ClN4O2. The molecule has 2 saturated heterocycles. The molecule has 7 heteroatoms. The zero-order chi connectivity index (χ0) is 20.9. The van der Waals surface area contributed by atoms with Gasteiger partial charge in [-0.2, -0.15) is 5.26 Å². The Kier molecular flexibility index (Phi) is 5.87. The van der Waals surface area contributed by atoms with E-state index in [4.69, 9.17) is 9.72 Å². The minimum atomic E-state index is -0.0456. The number of nitriles is 1. The van der Waals surface area contributed by atoms with Crippen molar-refractivity contribution in [3.05, 3.63) is 41.0 Å². The number of benzene rings is 1. The molecule has 2 fully saturated rings. The quantitative estimate of drug-likeness (QED) is 0.647. The summed E-state index contributed by atoms with van der Waals surface area (Å²) in [5.74, 6) is 1.11. The van der Waals surface area contributed by atoms with Crippen molar-refractivity contribution in [1.82, 2.24) is 9.38 Å². The van der Waals surface area contributed by atoms with Crippen molar-refractivity contribution >= 4 is 34.9 Å². The molecule has 1 atom stereocenters. The Bertz CT molecular complexity index is 1150. The van der Waals surface area contributed by atoms with E-state index in [0.717, 1.165) is 79.0 Å². The zero-order valence-electron chi connectivity index (χ0n) is 18.1. The number of rotatable bonds is 3. The van der Waals surface area contributed by atoms with Gasteiger partial charge < -0.3 is 14.7 Å². The lowest BCUT2D eigenvalue weighted by Crippen LogP contribution is -2.41. The minimum absolute atomic E-state index is 0. The van der Waals surface area contributed by atoms with Gasteiger partial charge in [0, 0.05) is 31.9 Å². The Labute approximate surface area is 188 Å². The Morgan fingerprint density at radius 2 is 2.03 bits per heavy atom. The Balaban J connectivity index is 0.00000231. The zero-order valence-corrected chi connectivity index (χ0v) is 18.9. The van der Waals surface area contributed by atoms with Gasteiger partial charge in [0.2, 0.25) is 0 Å². The lowest BCUT2D eigenvalue weighted by Gasteiger charge is -2.40. The van der Waals surface area contributed by atoms with Crippen molar-refractivity contribution in [2.45, 2.75) is 45.6 Å². The number of pyridine rings is 1. The van der Waals surface area contributed by atoms with Crippen LogP contribution in [0, 0.1) is 23.7 Å². The van der Waals surface area contributed by atoms with Crippen LogP contribution in [0.4, 0.5) is 5.82 Å². The molecule has 5 rings (SSSR count). The molecule has 0 aliphatic carbocycles. The Morgan fingerprint density at radius 3 is 2.68 bits per heavy atom. The van der Waals surface area contributed by atoms with Gasteiger partial charge in [-0.1, -0.05) is 19.1 Å². The van der Waals surface area contributed by atoms with E-state index < -0.39 is 0 Å². The largest absolute Gasteiger partial charge is 0.396 e. The third-order valence-corrected chi connectivity index (χ3v) is 7.02. The molecule has 0 bridgehead atoms. The van der Waals surface area contributed by atoms with Crippen molar-refractivity contribution < 1.29 is 9.84 Å². The van der Waals surface area contributed by atoms with E-state index >= 15 is 0 Å². The summed E-state index contributed by atoms with van der Waals surface area (Å²) in [7, 11) is 0. The standard InChI is InChI=1S/C24H28N4O2.ClH/c1-16-21(20-8-5-13-30-20)17(14-25)22-26-18-6-3-4-7-19(18)28(22)23(16)27-11-9-24(2,15-29)10-12-27;/h3-4,6-7,20,29H,5,8-13,15H2,1-2H3;1H. The van der Waals surface area contributed by atoms with E-state index in [9.17, 15) is 10.4 Å². The highest BCUT2D eigenvalue weighted by Crippen LogP contribution is 2.42. The first-order valence-electron chi connectivity index (χ1n) is 10.9. The summed E-state index contributed by atoms with van der Waals surface area (Å²) in [5, 5.41) is 19.9. The highest BCUT2D eigenvalue weighted by Gasteiger charge is 2.34. The molecular weight excluding hydrogens is 412 g/mol. The molecule has 2 aliphatic heterocycles. The number of ether oxygens (including phenoxy) is 1. The smallest absolute Gasteiger partial charge is 0.157 e. The third kappa shape index (κ3) is 3.45. The maximum Gasteiger partial charge on any atom is 0.157 e. The van der Waals surface area contributed by atoms with Crippen LogP contribution in [0.2, 0.25) is 0 Å². The second-order valence-corrected chi connectivity index (χ2v) is 9.07. The molecule has 4 heterocycles. The number of nitrogens with zero attached hydrogens (tertiary/aromatic N) is 4. The second kappa shape index (κ2) is 8.31. The summed E-state index contributed by atoms with van der Waals surface area (Å²) in [6.45, 7) is 6.99. The van der Waals surface area contributed by atoms with Crippen LogP contribution in [-0.2, 0) is 4.74 Å². The number of hydrogen-bond acceptors (Lipinski definition) is 5. The molecule has 0 spiro atoms. The number of hydrogen-bond donors (Lipinski definition) is 1. The predicted octanol–water partition coefficient (Wildman–Crippen LogP) is 4.54. The van der Waals surface area contributed by atoms with E-state index in [-0.39, 0.29) is 30.5 Å². The second-order valence-electron chi connectivity index (χ2n) is 9.07. The number of aromatic nitrogens is 2. The first-order chi connectivity index (χ1) is 14.6. The minimum Gasteiger partial charge on any atom is -0.396 e. The molecule has 2 aliphatic rings. The maximum atomic E-state index is 10.1. The van der Waals surface area contributed by atoms with E-state index in [1.54, 1.807) is 0 Å². The van der Waals surface area contributed by atoms with Crippen LogP contribution in [-0.4, -0.2) is 40.8 Å². The highest BCUT2D eigenvalue weighted by molar-refractivity contribution is 5.86. The van der Waals surface area contributed by atoms with Crippen molar-refractivity contribution in [1.29, 1.82) is 5.26 Å². The number of fused-ring (bicyclic) bond motifs is 3. The van der Waals surface area contributed by atoms with Gasteiger partial charge in [0.25, 0.3) is 0 Å². The molecule has 0 radical (unpaired) electrons. The summed E-state index contributed by atoms with van der Waals surface area (Å²) in [4.78, 5) is 7.29. The number of para-hydroxylation sites is 2. The van der Waals surface area contributed by atoms with Crippen molar-refractivity contribution in [2.24, 2.45) is 5.41 Å². The van der Waals surface area contributed by atoms with Crippen LogP contribution in [0.15, 0.2) is 24.3 Å². The number of aliphatic hydroxyl groups excluding tert-OH is 1. The van der Waals surface area contributed by atoms with Gasteiger partial charge in [0.05, 0.1) is 17.1 Å². The Morgan fingerprint density at radius 1 is 1.29 bits per heavy atom. The molecule has 1 unspecified atom stereocenters. The number of halogens is 1. The average Bonchev–Trinajstić information content (AvgIpc) is 3.42. The van der Waals surface area contributed by atoms with Crippen LogP contribution in [0.5, 0.6) is 0 Å². The molecule has 3 aromatic rings. The Hall–Kier alpha value is -2.33.